The van der Waals surface area contributed by atoms with Crippen LogP contribution >= 0.6 is 23.1 Å². The molecule has 1 aliphatic rings. The van der Waals surface area contributed by atoms with Crippen LogP contribution in [0.4, 0.5) is 5.82 Å². The smallest absolute Gasteiger partial charge is 0.190 e. The van der Waals surface area contributed by atoms with Gasteiger partial charge in [-0.1, -0.05) is 25.6 Å². The fourth-order valence-electron chi connectivity index (χ4n) is 3.06. The van der Waals surface area contributed by atoms with Crippen molar-refractivity contribution in [1.29, 1.82) is 0 Å². The average Bonchev–Trinajstić information content (AvgIpc) is 2.97. The Labute approximate surface area is 164 Å². The van der Waals surface area contributed by atoms with Crippen LogP contribution < -0.4 is 5.32 Å². The number of ether oxygens (including phenoxy) is 1. The molecule has 1 aliphatic heterocycles. The minimum atomic E-state index is -0.0858. The lowest BCUT2D eigenvalue weighted by molar-refractivity contribution is -0.0542. The lowest BCUT2D eigenvalue weighted by Gasteiger charge is -2.33. The van der Waals surface area contributed by atoms with Crippen molar-refractivity contribution in [3.05, 3.63) is 10.4 Å². The summed E-state index contributed by atoms with van der Waals surface area (Å²) < 4.78 is 6.15. The van der Waals surface area contributed by atoms with E-state index >= 15 is 0 Å². The van der Waals surface area contributed by atoms with E-state index in [0.717, 1.165) is 53.9 Å². The van der Waals surface area contributed by atoms with Crippen LogP contribution in [0.1, 0.15) is 44.1 Å². The van der Waals surface area contributed by atoms with E-state index in [-0.39, 0.29) is 5.60 Å². The molecule has 0 saturated carbocycles. The number of hydrogen-bond acceptors (Lipinski definition) is 7. The predicted molar refractivity (Wildman–Crippen MR) is 113 cm³/mol. The molecule has 0 spiro atoms. The third-order valence-corrected chi connectivity index (χ3v) is 7.00. The molecule has 7 heteroatoms. The lowest BCUT2D eigenvalue weighted by atomic mass is 9.90. The maximum atomic E-state index is 6.15. The molecule has 144 valence electrons. The van der Waals surface area contributed by atoms with E-state index in [1.165, 1.54) is 15.8 Å². The summed E-state index contributed by atoms with van der Waals surface area (Å²) in [5.74, 6) is 2.04. The second kappa shape index (κ2) is 8.42. The number of thiophene rings is 1. The van der Waals surface area contributed by atoms with Crippen LogP contribution in [0.3, 0.4) is 0 Å². The summed E-state index contributed by atoms with van der Waals surface area (Å²) in [5, 5.41) is 5.67. The Morgan fingerprint density at radius 2 is 2.12 bits per heavy atom. The minimum absolute atomic E-state index is 0.0858. The molecule has 0 bridgehead atoms. The Bertz CT molecular complexity index is 762. The van der Waals surface area contributed by atoms with E-state index in [0.29, 0.717) is 6.61 Å². The molecule has 0 aromatic carbocycles. The molecule has 0 saturated heterocycles. The van der Waals surface area contributed by atoms with Crippen LogP contribution in [0, 0.1) is 0 Å². The van der Waals surface area contributed by atoms with Crippen LogP contribution in [-0.4, -0.2) is 53.4 Å². The van der Waals surface area contributed by atoms with Crippen molar-refractivity contribution in [2.75, 3.05) is 38.3 Å². The van der Waals surface area contributed by atoms with Crippen molar-refractivity contribution in [1.82, 2.24) is 14.9 Å². The Balaban J connectivity index is 2.00. The summed E-state index contributed by atoms with van der Waals surface area (Å²) in [4.78, 5) is 14.3. The molecule has 1 atom stereocenters. The zero-order chi connectivity index (χ0) is 18.7. The van der Waals surface area contributed by atoms with Crippen LogP contribution in [-0.2, 0) is 17.8 Å². The van der Waals surface area contributed by atoms with Crippen molar-refractivity contribution in [2.24, 2.45) is 0 Å². The number of anilines is 1. The summed E-state index contributed by atoms with van der Waals surface area (Å²) >= 11 is 3.51. The van der Waals surface area contributed by atoms with Gasteiger partial charge in [0, 0.05) is 30.1 Å². The third kappa shape index (κ3) is 4.32. The summed E-state index contributed by atoms with van der Waals surface area (Å²) in [6, 6.07) is 0. The highest BCUT2D eigenvalue weighted by Crippen LogP contribution is 2.42. The van der Waals surface area contributed by atoms with Crippen LogP contribution in [0.25, 0.3) is 10.2 Å². The van der Waals surface area contributed by atoms with Gasteiger partial charge in [0.2, 0.25) is 0 Å². The van der Waals surface area contributed by atoms with Crippen molar-refractivity contribution < 1.29 is 4.74 Å². The molecule has 2 aromatic rings. The van der Waals surface area contributed by atoms with Gasteiger partial charge in [-0.15, -0.1) is 11.3 Å². The summed E-state index contributed by atoms with van der Waals surface area (Å²) in [7, 11) is 4.19. The molecule has 3 heterocycles. The molecule has 0 unspecified atom stereocenters. The fourth-order valence-corrected chi connectivity index (χ4v) is 4.92. The maximum absolute atomic E-state index is 6.15. The van der Waals surface area contributed by atoms with E-state index in [1.54, 1.807) is 23.1 Å². The largest absolute Gasteiger partial charge is 0.369 e. The molecule has 26 heavy (non-hydrogen) atoms. The first kappa shape index (κ1) is 19.9. The number of nitrogens with zero attached hydrogens (tertiary/aromatic N) is 3. The fraction of sp³-hybridized carbons (Fsp3) is 0.684. The van der Waals surface area contributed by atoms with Gasteiger partial charge in [-0.25, -0.2) is 9.97 Å². The Hall–Kier alpha value is -0.890. The van der Waals surface area contributed by atoms with Gasteiger partial charge >= 0.3 is 0 Å². The first-order valence-electron chi connectivity index (χ1n) is 9.43. The van der Waals surface area contributed by atoms with E-state index in [4.69, 9.17) is 14.7 Å². The van der Waals surface area contributed by atoms with Crippen LogP contribution in [0.5, 0.6) is 0 Å². The van der Waals surface area contributed by atoms with E-state index in [9.17, 15) is 0 Å². The summed E-state index contributed by atoms with van der Waals surface area (Å²) in [6.07, 6.45) is 3.07. The number of hydrogen-bond donors (Lipinski definition) is 1. The first-order valence-corrected chi connectivity index (χ1v) is 11.2. The Morgan fingerprint density at radius 3 is 2.81 bits per heavy atom. The van der Waals surface area contributed by atoms with E-state index in [1.807, 2.05) is 0 Å². The molecular formula is C19H30N4OS2. The monoisotopic (exact) mass is 394 g/mol. The highest BCUT2D eigenvalue weighted by Gasteiger charge is 2.33. The molecule has 2 aromatic heterocycles. The highest BCUT2D eigenvalue weighted by molar-refractivity contribution is 7.99. The number of aromatic nitrogens is 2. The van der Waals surface area contributed by atoms with Crippen LogP contribution in [0.2, 0.25) is 0 Å². The number of nitrogens with one attached hydrogen (secondary N) is 1. The topological polar surface area (TPSA) is 50.3 Å². The van der Waals surface area contributed by atoms with Gasteiger partial charge in [0.1, 0.15) is 10.6 Å². The third-order valence-electron chi connectivity index (χ3n) is 4.85. The standard InChI is InChI=1S/C19H30N4OS2/c1-6-10-25-18-21-16(20-8-9-23(4)5)15-13-11-19(3,7-2)24-12-14(13)26-17(15)22-18/h6-12H2,1-5H3,(H,20,21,22)/t19-/m0/s1. The summed E-state index contributed by atoms with van der Waals surface area (Å²) in [6.45, 7) is 9.15. The molecule has 0 fully saturated rings. The van der Waals surface area contributed by atoms with E-state index in [2.05, 4.69) is 45.1 Å². The molecular weight excluding hydrogens is 364 g/mol. The second-order valence-corrected chi connectivity index (χ2v) is 9.53. The average molecular weight is 395 g/mol. The van der Waals surface area contributed by atoms with Gasteiger partial charge in [-0.3, -0.25) is 0 Å². The van der Waals surface area contributed by atoms with Crippen molar-refractivity contribution in [3.8, 4) is 0 Å². The van der Waals surface area contributed by atoms with Crippen LogP contribution in [0.15, 0.2) is 5.16 Å². The maximum Gasteiger partial charge on any atom is 0.190 e. The zero-order valence-corrected chi connectivity index (χ0v) is 18.1. The molecule has 0 radical (unpaired) electrons. The number of rotatable bonds is 8. The number of fused-ring (bicyclic) bond motifs is 3. The highest BCUT2D eigenvalue weighted by atomic mass is 32.2. The van der Waals surface area contributed by atoms with Crippen molar-refractivity contribution >= 4 is 39.1 Å². The van der Waals surface area contributed by atoms with Crippen molar-refractivity contribution in [3.63, 3.8) is 0 Å². The quantitative estimate of drug-likeness (QED) is 0.529. The van der Waals surface area contributed by atoms with Gasteiger partial charge in [-0.2, -0.15) is 0 Å². The molecule has 0 aliphatic carbocycles. The molecule has 0 amide bonds. The molecule has 1 N–H and O–H groups in total. The molecule has 3 rings (SSSR count). The zero-order valence-electron chi connectivity index (χ0n) is 16.5. The number of likely N-dealkylation sites (N-methyl/N-ethyl adjacent to an activating group) is 1. The van der Waals surface area contributed by atoms with E-state index < -0.39 is 0 Å². The minimum Gasteiger partial charge on any atom is -0.369 e. The normalized spacial score (nSPS) is 19.9. The molecule has 5 nitrogen and oxygen atoms in total. The predicted octanol–water partition coefficient (Wildman–Crippen LogP) is 4.41. The van der Waals surface area contributed by atoms with Gasteiger partial charge in [0.05, 0.1) is 17.6 Å². The Morgan fingerprint density at radius 1 is 1.31 bits per heavy atom. The van der Waals surface area contributed by atoms with Gasteiger partial charge < -0.3 is 15.0 Å². The van der Waals surface area contributed by atoms with Gasteiger partial charge in [0.25, 0.3) is 0 Å². The first-order chi connectivity index (χ1) is 12.5. The van der Waals surface area contributed by atoms with Gasteiger partial charge in [0.15, 0.2) is 5.16 Å². The lowest BCUT2D eigenvalue weighted by Crippen LogP contribution is -2.34. The van der Waals surface area contributed by atoms with Crippen molar-refractivity contribution in [2.45, 2.75) is 57.4 Å². The second-order valence-electron chi connectivity index (χ2n) is 7.39. The summed E-state index contributed by atoms with van der Waals surface area (Å²) in [5.41, 5.74) is 1.30. The SMILES string of the molecule is CCCSc1nc(NCCN(C)C)c2c3c(sc2n1)CO[C@@](C)(CC)C3. The number of thioether (sulfide) groups is 1. The van der Waals surface area contributed by atoms with Gasteiger partial charge in [-0.05, 0) is 39.4 Å². The Kier molecular flexibility index (Phi) is 6.43.